The van der Waals surface area contributed by atoms with E-state index in [0.29, 0.717) is 17.2 Å². The summed E-state index contributed by atoms with van der Waals surface area (Å²) in [5, 5.41) is 2.81. The molecule has 1 N–H and O–H groups in total. The zero-order valence-corrected chi connectivity index (χ0v) is 11.8. The maximum Gasteiger partial charge on any atom is 0.277 e. The molecule has 3 aromatic heterocycles. The monoisotopic (exact) mass is 302 g/mol. The molecule has 6 nitrogen and oxygen atoms in total. The largest absolute Gasteiger partial charge is 0.493 e. The SMILES string of the molecule is COc1cccnc1NC(=O)c1c(Cl)nc2ccccn12. The fraction of sp³-hybridized carbons (Fsp3) is 0.0714. The number of amides is 1. The Balaban J connectivity index is 1.99. The number of nitrogens with zero attached hydrogens (tertiary/aromatic N) is 3. The average molecular weight is 303 g/mol. The first-order chi connectivity index (χ1) is 10.2. The second-order valence-corrected chi connectivity index (χ2v) is 4.55. The number of carbonyl (C=O) groups is 1. The molecule has 0 saturated heterocycles. The number of methoxy groups -OCH3 is 1. The lowest BCUT2D eigenvalue weighted by atomic mass is 10.3. The molecule has 0 saturated carbocycles. The number of halogens is 1. The summed E-state index contributed by atoms with van der Waals surface area (Å²) in [5.74, 6) is 0.387. The van der Waals surface area contributed by atoms with Crippen LogP contribution in [0.3, 0.4) is 0 Å². The summed E-state index contributed by atoms with van der Waals surface area (Å²) in [5.41, 5.74) is 0.848. The third-order valence-electron chi connectivity index (χ3n) is 2.92. The van der Waals surface area contributed by atoms with Crippen molar-refractivity contribution >= 4 is 29.0 Å². The normalized spacial score (nSPS) is 10.6. The number of fused-ring (bicyclic) bond motifs is 1. The third kappa shape index (κ3) is 2.41. The summed E-state index contributed by atoms with van der Waals surface area (Å²) >= 11 is 6.06. The fourth-order valence-electron chi connectivity index (χ4n) is 1.99. The van der Waals surface area contributed by atoms with Gasteiger partial charge in [0.25, 0.3) is 5.91 Å². The van der Waals surface area contributed by atoms with E-state index >= 15 is 0 Å². The molecule has 0 aromatic carbocycles. The standard InChI is InChI=1S/C14H11ClN4O2/c1-21-9-5-4-7-16-13(9)18-14(20)11-12(15)17-10-6-2-3-8-19(10)11/h2-8H,1H3,(H,16,18,20). The Kier molecular flexibility index (Phi) is 3.45. The first kappa shape index (κ1) is 13.4. The molecular formula is C14H11ClN4O2. The molecule has 0 bridgehead atoms. The number of hydrogen-bond donors (Lipinski definition) is 1. The minimum absolute atomic E-state index is 0.133. The second-order valence-electron chi connectivity index (χ2n) is 4.19. The van der Waals surface area contributed by atoms with Crippen LogP contribution in [0, 0.1) is 0 Å². The summed E-state index contributed by atoms with van der Waals surface area (Å²) < 4.78 is 6.77. The van der Waals surface area contributed by atoms with Crippen LogP contribution in [0.25, 0.3) is 5.65 Å². The van der Waals surface area contributed by atoms with Crippen molar-refractivity contribution < 1.29 is 9.53 Å². The Morgan fingerprint density at radius 2 is 2.19 bits per heavy atom. The number of aromatic nitrogens is 3. The number of pyridine rings is 2. The molecule has 0 aliphatic carbocycles. The predicted octanol–water partition coefficient (Wildman–Crippen LogP) is 2.64. The molecule has 1 amide bonds. The number of imidazole rings is 1. The zero-order chi connectivity index (χ0) is 14.8. The van der Waals surface area contributed by atoms with Crippen LogP contribution >= 0.6 is 11.6 Å². The highest BCUT2D eigenvalue weighted by atomic mass is 35.5. The summed E-state index contributed by atoms with van der Waals surface area (Å²) in [7, 11) is 1.51. The average Bonchev–Trinajstić information content (AvgIpc) is 2.83. The van der Waals surface area contributed by atoms with E-state index in [0.717, 1.165) is 0 Å². The molecule has 0 spiro atoms. The quantitative estimate of drug-likeness (QED) is 0.807. The van der Waals surface area contributed by atoms with Crippen molar-refractivity contribution in [1.29, 1.82) is 0 Å². The zero-order valence-electron chi connectivity index (χ0n) is 11.1. The number of carbonyl (C=O) groups excluding carboxylic acids is 1. The van der Waals surface area contributed by atoms with Crippen LogP contribution in [0.2, 0.25) is 5.15 Å². The van der Waals surface area contributed by atoms with Gasteiger partial charge >= 0.3 is 0 Å². The highest BCUT2D eigenvalue weighted by Crippen LogP contribution is 2.23. The van der Waals surface area contributed by atoms with E-state index in [2.05, 4.69) is 15.3 Å². The van der Waals surface area contributed by atoms with E-state index in [4.69, 9.17) is 16.3 Å². The molecule has 3 rings (SSSR count). The Morgan fingerprint density at radius 3 is 3.00 bits per heavy atom. The van der Waals surface area contributed by atoms with Crippen LogP contribution < -0.4 is 10.1 Å². The Hall–Kier alpha value is -2.60. The lowest BCUT2D eigenvalue weighted by Gasteiger charge is -2.08. The van der Waals surface area contributed by atoms with Crippen molar-refractivity contribution in [3.05, 3.63) is 53.6 Å². The third-order valence-corrected chi connectivity index (χ3v) is 3.19. The molecular weight excluding hydrogens is 292 g/mol. The summed E-state index contributed by atoms with van der Waals surface area (Å²) in [6.07, 6.45) is 3.28. The fourth-order valence-corrected chi connectivity index (χ4v) is 2.25. The topological polar surface area (TPSA) is 68.5 Å². The van der Waals surface area contributed by atoms with Crippen molar-refractivity contribution in [2.45, 2.75) is 0 Å². The minimum Gasteiger partial charge on any atom is -0.493 e. The van der Waals surface area contributed by atoms with Crippen molar-refractivity contribution in [3.8, 4) is 5.75 Å². The number of anilines is 1. The Bertz CT molecular complexity index is 816. The Morgan fingerprint density at radius 1 is 1.33 bits per heavy atom. The molecule has 7 heteroatoms. The maximum atomic E-state index is 12.4. The molecule has 3 aromatic rings. The van der Waals surface area contributed by atoms with E-state index in [-0.39, 0.29) is 10.8 Å². The van der Waals surface area contributed by atoms with Gasteiger partial charge < -0.3 is 10.1 Å². The van der Waals surface area contributed by atoms with Gasteiger partial charge in [-0.25, -0.2) is 9.97 Å². The molecule has 106 valence electrons. The molecule has 0 aliphatic rings. The highest BCUT2D eigenvalue weighted by molar-refractivity contribution is 6.33. The van der Waals surface area contributed by atoms with Crippen LogP contribution in [-0.4, -0.2) is 27.4 Å². The van der Waals surface area contributed by atoms with Crippen molar-refractivity contribution in [2.75, 3.05) is 12.4 Å². The lowest BCUT2D eigenvalue weighted by Crippen LogP contribution is -2.16. The van der Waals surface area contributed by atoms with Gasteiger partial charge in [-0.05, 0) is 24.3 Å². The van der Waals surface area contributed by atoms with E-state index in [1.54, 1.807) is 41.1 Å². The van der Waals surface area contributed by atoms with Crippen molar-refractivity contribution in [1.82, 2.24) is 14.4 Å². The van der Waals surface area contributed by atoms with Crippen LogP contribution in [0.5, 0.6) is 5.75 Å². The van der Waals surface area contributed by atoms with Crippen LogP contribution in [0.1, 0.15) is 10.5 Å². The maximum absolute atomic E-state index is 12.4. The van der Waals surface area contributed by atoms with Gasteiger partial charge in [-0.2, -0.15) is 0 Å². The van der Waals surface area contributed by atoms with Gasteiger partial charge in [0.2, 0.25) is 0 Å². The summed E-state index contributed by atoms with van der Waals surface area (Å²) in [6, 6.07) is 8.81. The number of hydrogen-bond acceptors (Lipinski definition) is 4. The summed E-state index contributed by atoms with van der Waals surface area (Å²) in [6.45, 7) is 0. The van der Waals surface area contributed by atoms with Gasteiger partial charge in [-0.1, -0.05) is 17.7 Å². The van der Waals surface area contributed by atoms with Gasteiger partial charge in [0.05, 0.1) is 7.11 Å². The highest BCUT2D eigenvalue weighted by Gasteiger charge is 2.19. The van der Waals surface area contributed by atoms with Crippen LogP contribution in [-0.2, 0) is 0 Å². The van der Waals surface area contributed by atoms with Gasteiger partial charge in [0.15, 0.2) is 22.4 Å². The molecule has 21 heavy (non-hydrogen) atoms. The van der Waals surface area contributed by atoms with Crippen molar-refractivity contribution in [3.63, 3.8) is 0 Å². The molecule has 0 atom stereocenters. The van der Waals surface area contributed by atoms with Crippen LogP contribution in [0.15, 0.2) is 42.7 Å². The van der Waals surface area contributed by atoms with Crippen molar-refractivity contribution in [2.24, 2.45) is 0 Å². The Labute approximate surface area is 125 Å². The molecule has 0 fully saturated rings. The summed E-state index contributed by atoms with van der Waals surface area (Å²) in [4.78, 5) is 20.6. The molecule has 0 unspecified atom stereocenters. The first-order valence-electron chi connectivity index (χ1n) is 6.13. The predicted molar refractivity (Wildman–Crippen MR) is 78.9 cm³/mol. The number of ether oxygens (including phenoxy) is 1. The number of rotatable bonds is 3. The van der Waals surface area contributed by atoms with Gasteiger partial charge in [0.1, 0.15) is 5.65 Å². The van der Waals surface area contributed by atoms with Gasteiger partial charge in [0, 0.05) is 12.4 Å². The van der Waals surface area contributed by atoms with Gasteiger partial charge in [-0.3, -0.25) is 9.20 Å². The molecule has 0 aliphatic heterocycles. The lowest BCUT2D eigenvalue weighted by molar-refractivity contribution is 0.102. The number of nitrogens with one attached hydrogen (secondary N) is 1. The van der Waals surface area contributed by atoms with E-state index < -0.39 is 5.91 Å². The minimum atomic E-state index is -0.407. The van der Waals surface area contributed by atoms with E-state index in [1.807, 2.05) is 6.07 Å². The smallest absolute Gasteiger partial charge is 0.277 e. The second kappa shape index (κ2) is 5.41. The molecule has 0 radical (unpaired) electrons. The van der Waals surface area contributed by atoms with E-state index in [1.165, 1.54) is 7.11 Å². The van der Waals surface area contributed by atoms with E-state index in [9.17, 15) is 4.79 Å². The molecule has 3 heterocycles. The van der Waals surface area contributed by atoms with Gasteiger partial charge in [-0.15, -0.1) is 0 Å². The van der Waals surface area contributed by atoms with Crippen LogP contribution in [0.4, 0.5) is 5.82 Å². The first-order valence-corrected chi connectivity index (χ1v) is 6.51.